The summed E-state index contributed by atoms with van der Waals surface area (Å²) in [7, 11) is 2.03. The fourth-order valence-electron chi connectivity index (χ4n) is 2.02. The summed E-state index contributed by atoms with van der Waals surface area (Å²) in [6, 6.07) is 9.51. The van der Waals surface area contributed by atoms with E-state index in [0.29, 0.717) is 23.3 Å². The van der Waals surface area contributed by atoms with E-state index in [1.54, 1.807) is 11.3 Å². The highest BCUT2D eigenvalue weighted by molar-refractivity contribution is 7.07. The van der Waals surface area contributed by atoms with Crippen molar-refractivity contribution in [3.05, 3.63) is 57.6 Å². The lowest BCUT2D eigenvalue weighted by molar-refractivity contribution is 0.261. The minimum Gasteiger partial charge on any atom is -0.338 e. The zero-order valence-corrected chi connectivity index (χ0v) is 13.1. The zero-order chi connectivity index (χ0) is 14.7. The molecule has 4 nitrogen and oxygen atoms in total. The van der Waals surface area contributed by atoms with Crippen LogP contribution in [0.25, 0.3) is 11.4 Å². The second kappa shape index (κ2) is 6.39. The largest absolute Gasteiger partial charge is 0.338 e. The first kappa shape index (κ1) is 14.3. The van der Waals surface area contributed by atoms with Gasteiger partial charge in [0, 0.05) is 17.1 Å². The molecule has 0 radical (unpaired) electrons. The third kappa shape index (κ3) is 3.69. The molecular weight excluding hydrogens is 306 g/mol. The molecule has 0 N–H and O–H groups in total. The van der Waals surface area contributed by atoms with E-state index in [1.165, 1.54) is 5.56 Å². The lowest BCUT2D eigenvalue weighted by Crippen LogP contribution is -2.16. The van der Waals surface area contributed by atoms with Gasteiger partial charge < -0.3 is 4.52 Å². The van der Waals surface area contributed by atoms with Gasteiger partial charge in [0.25, 0.3) is 0 Å². The molecule has 0 fully saturated rings. The van der Waals surface area contributed by atoms with Crippen molar-refractivity contribution in [2.45, 2.75) is 13.1 Å². The third-order valence-corrected chi connectivity index (χ3v) is 3.99. The summed E-state index contributed by atoms with van der Waals surface area (Å²) in [5, 5.41) is 8.93. The molecular formula is C15H14ClN3OS. The molecule has 0 aliphatic heterocycles. The Morgan fingerprint density at radius 2 is 2.00 bits per heavy atom. The maximum atomic E-state index is 5.87. The second-order valence-electron chi connectivity index (χ2n) is 4.82. The van der Waals surface area contributed by atoms with Crippen LogP contribution in [-0.4, -0.2) is 22.1 Å². The molecule has 0 unspecified atom stereocenters. The van der Waals surface area contributed by atoms with Gasteiger partial charge >= 0.3 is 0 Å². The highest BCUT2D eigenvalue weighted by Crippen LogP contribution is 2.19. The Hall–Kier alpha value is -1.69. The van der Waals surface area contributed by atoms with Gasteiger partial charge in [0.05, 0.1) is 6.54 Å². The molecule has 21 heavy (non-hydrogen) atoms. The second-order valence-corrected chi connectivity index (χ2v) is 6.04. The van der Waals surface area contributed by atoms with Crippen molar-refractivity contribution in [1.82, 2.24) is 15.0 Å². The molecule has 6 heteroatoms. The van der Waals surface area contributed by atoms with E-state index in [1.807, 2.05) is 31.3 Å². The van der Waals surface area contributed by atoms with E-state index >= 15 is 0 Å². The summed E-state index contributed by atoms with van der Waals surface area (Å²) in [5.41, 5.74) is 2.19. The number of aromatic nitrogens is 2. The molecule has 0 aliphatic carbocycles. The molecule has 108 valence electrons. The molecule has 0 aliphatic rings. The Kier molecular flexibility index (Phi) is 4.34. The van der Waals surface area contributed by atoms with Gasteiger partial charge in [-0.2, -0.15) is 16.3 Å². The van der Waals surface area contributed by atoms with Gasteiger partial charge in [-0.1, -0.05) is 16.8 Å². The van der Waals surface area contributed by atoms with Crippen molar-refractivity contribution < 1.29 is 4.52 Å². The Labute approximate surface area is 132 Å². The Bertz CT molecular complexity index is 694. The first-order valence-electron chi connectivity index (χ1n) is 6.49. The lowest BCUT2D eigenvalue weighted by atomic mass is 10.2. The minimum atomic E-state index is 0.589. The number of hydrogen-bond acceptors (Lipinski definition) is 5. The van der Waals surface area contributed by atoms with Gasteiger partial charge in [0.15, 0.2) is 0 Å². The van der Waals surface area contributed by atoms with Crippen molar-refractivity contribution in [1.29, 1.82) is 0 Å². The molecule has 3 rings (SSSR count). The Morgan fingerprint density at radius 1 is 1.19 bits per heavy atom. The SMILES string of the molecule is CN(Cc1ccsc1)Cc1nc(-c2ccc(Cl)cc2)no1. The predicted octanol–water partition coefficient (Wildman–Crippen LogP) is 4.08. The van der Waals surface area contributed by atoms with E-state index < -0.39 is 0 Å². The van der Waals surface area contributed by atoms with E-state index in [2.05, 4.69) is 31.9 Å². The van der Waals surface area contributed by atoms with Crippen LogP contribution in [0, 0.1) is 0 Å². The molecule has 0 atom stereocenters. The van der Waals surface area contributed by atoms with Crippen molar-refractivity contribution in [3.8, 4) is 11.4 Å². The van der Waals surface area contributed by atoms with Crippen LogP contribution in [0.4, 0.5) is 0 Å². The van der Waals surface area contributed by atoms with Crippen LogP contribution in [0.5, 0.6) is 0 Å². The predicted molar refractivity (Wildman–Crippen MR) is 84.2 cm³/mol. The van der Waals surface area contributed by atoms with E-state index in [9.17, 15) is 0 Å². The first-order chi connectivity index (χ1) is 10.2. The van der Waals surface area contributed by atoms with E-state index in [-0.39, 0.29) is 0 Å². The van der Waals surface area contributed by atoms with Crippen molar-refractivity contribution in [2.24, 2.45) is 0 Å². The van der Waals surface area contributed by atoms with Crippen LogP contribution in [-0.2, 0) is 13.1 Å². The van der Waals surface area contributed by atoms with Crippen molar-refractivity contribution in [2.75, 3.05) is 7.05 Å². The van der Waals surface area contributed by atoms with Gasteiger partial charge in [-0.15, -0.1) is 0 Å². The van der Waals surface area contributed by atoms with Gasteiger partial charge in [-0.05, 0) is 53.7 Å². The number of hydrogen-bond donors (Lipinski definition) is 0. The third-order valence-electron chi connectivity index (χ3n) is 3.01. The monoisotopic (exact) mass is 319 g/mol. The molecule has 3 aromatic rings. The van der Waals surface area contributed by atoms with Crippen molar-refractivity contribution >= 4 is 22.9 Å². The molecule has 0 saturated carbocycles. The summed E-state index contributed by atoms with van der Waals surface area (Å²) in [6.45, 7) is 1.48. The lowest BCUT2D eigenvalue weighted by Gasteiger charge is -2.12. The molecule has 0 bridgehead atoms. The summed E-state index contributed by atoms with van der Waals surface area (Å²) in [6.07, 6.45) is 0. The standard InChI is InChI=1S/C15H14ClN3OS/c1-19(8-11-6-7-21-10-11)9-14-17-15(18-20-14)12-2-4-13(16)5-3-12/h2-7,10H,8-9H2,1H3. The van der Waals surface area contributed by atoms with E-state index in [4.69, 9.17) is 16.1 Å². The average Bonchev–Trinajstić information content (AvgIpc) is 3.11. The summed E-state index contributed by atoms with van der Waals surface area (Å²) < 4.78 is 5.31. The summed E-state index contributed by atoms with van der Waals surface area (Å²) in [5.74, 6) is 1.20. The van der Waals surface area contributed by atoms with Gasteiger partial charge in [-0.3, -0.25) is 4.90 Å². The zero-order valence-electron chi connectivity index (χ0n) is 11.5. The Balaban J connectivity index is 1.66. The van der Waals surface area contributed by atoms with Gasteiger partial charge in [0.1, 0.15) is 0 Å². The number of rotatable bonds is 5. The molecule has 0 amide bonds. The normalized spacial score (nSPS) is 11.2. The van der Waals surface area contributed by atoms with Crippen LogP contribution < -0.4 is 0 Å². The number of halogens is 1. The van der Waals surface area contributed by atoms with Crippen molar-refractivity contribution in [3.63, 3.8) is 0 Å². The van der Waals surface area contributed by atoms with Crippen LogP contribution in [0.2, 0.25) is 5.02 Å². The quantitative estimate of drug-likeness (QED) is 0.710. The minimum absolute atomic E-state index is 0.589. The smallest absolute Gasteiger partial charge is 0.241 e. The molecule has 2 aromatic heterocycles. The Morgan fingerprint density at radius 3 is 2.71 bits per heavy atom. The summed E-state index contributed by atoms with van der Waals surface area (Å²) >= 11 is 7.57. The first-order valence-corrected chi connectivity index (χ1v) is 7.81. The van der Waals surface area contributed by atoms with Crippen LogP contribution in [0.3, 0.4) is 0 Å². The number of nitrogens with zero attached hydrogens (tertiary/aromatic N) is 3. The highest BCUT2D eigenvalue weighted by Gasteiger charge is 2.11. The number of thiophene rings is 1. The maximum Gasteiger partial charge on any atom is 0.241 e. The van der Waals surface area contributed by atoms with E-state index in [0.717, 1.165) is 12.1 Å². The fraction of sp³-hybridized carbons (Fsp3) is 0.200. The average molecular weight is 320 g/mol. The summed E-state index contributed by atoms with van der Waals surface area (Å²) in [4.78, 5) is 6.56. The number of benzene rings is 1. The molecule has 0 saturated heterocycles. The van der Waals surface area contributed by atoms with Crippen LogP contribution in [0.1, 0.15) is 11.5 Å². The van der Waals surface area contributed by atoms with Gasteiger partial charge in [0.2, 0.25) is 11.7 Å². The molecule has 2 heterocycles. The fourth-order valence-corrected chi connectivity index (χ4v) is 2.80. The van der Waals surface area contributed by atoms with Gasteiger partial charge in [-0.25, -0.2) is 0 Å². The molecule has 1 aromatic carbocycles. The van der Waals surface area contributed by atoms with Crippen LogP contribution in [0.15, 0.2) is 45.6 Å². The highest BCUT2D eigenvalue weighted by atomic mass is 35.5. The maximum absolute atomic E-state index is 5.87. The molecule has 0 spiro atoms. The van der Waals surface area contributed by atoms with Crippen LogP contribution >= 0.6 is 22.9 Å². The topological polar surface area (TPSA) is 42.2 Å².